The number of carbonyl (C=O) groups is 1. The molecule has 7 nitrogen and oxygen atoms in total. The topological polar surface area (TPSA) is 101 Å². The van der Waals surface area contributed by atoms with Crippen LogP contribution in [0.5, 0.6) is 0 Å². The van der Waals surface area contributed by atoms with Crippen LogP contribution >= 0.6 is 0 Å². The second kappa shape index (κ2) is 5.25. The zero-order valence-electron chi connectivity index (χ0n) is 9.59. The minimum absolute atomic E-state index is 0.0246. The minimum atomic E-state index is -0.976. The third kappa shape index (κ3) is 2.92. The highest BCUT2D eigenvalue weighted by molar-refractivity contribution is 5.94. The van der Waals surface area contributed by atoms with E-state index in [-0.39, 0.29) is 12.1 Å². The molecule has 1 aromatic carbocycles. The molecule has 0 aliphatic rings. The normalized spacial score (nSPS) is 10.2. The van der Waals surface area contributed by atoms with Gasteiger partial charge in [-0.15, -0.1) is 0 Å². The van der Waals surface area contributed by atoms with Crippen molar-refractivity contribution in [3.05, 3.63) is 57.7 Å². The van der Waals surface area contributed by atoms with Crippen molar-refractivity contribution in [2.45, 2.75) is 6.54 Å². The summed E-state index contributed by atoms with van der Waals surface area (Å²) in [6.07, 6.45) is 3.14. The fourth-order valence-electron chi connectivity index (χ4n) is 1.45. The lowest BCUT2D eigenvalue weighted by Crippen LogP contribution is -2.22. The van der Waals surface area contributed by atoms with Gasteiger partial charge in [0.15, 0.2) is 0 Å². The van der Waals surface area contributed by atoms with Crippen LogP contribution in [-0.4, -0.2) is 21.0 Å². The SMILES string of the molecule is O=C(NCc1cn[nH]c1)c1ccc(F)c([N+](=O)[O-])c1. The maximum Gasteiger partial charge on any atom is 0.305 e. The van der Waals surface area contributed by atoms with E-state index < -0.39 is 22.3 Å². The van der Waals surface area contributed by atoms with Crippen molar-refractivity contribution < 1.29 is 14.1 Å². The molecule has 0 radical (unpaired) electrons. The standard InChI is InChI=1S/C11H9FN4O3/c12-9-2-1-8(3-10(9)16(18)19)11(17)13-4-7-5-14-15-6-7/h1-3,5-6H,4H2,(H,13,17)(H,14,15). The van der Waals surface area contributed by atoms with E-state index in [2.05, 4.69) is 15.5 Å². The minimum Gasteiger partial charge on any atom is -0.348 e. The summed E-state index contributed by atoms with van der Waals surface area (Å²) >= 11 is 0. The van der Waals surface area contributed by atoms with Gasteiger partial charge in [-0.2, -0.15) is 9.49 Å². The van der Waals surface area contributed by atoms with Gasteiger partial charge in [0.2, 0.25) is 5.82 Å². The van der Waals surface area contributed by atoms with Crippen LogP contribution in [0.4, 0.5) is 10.1 Å². The first kappa shape index (κ1) is 12.7. The molecule has 8 heteroatoms. The van der Waals surface area contributed by atoms with E-state index in [1.807, 2.05) is 0 Å². The highest BCUT2D eigenvalue weighted by Crippen LogP contribution is 2.18. The number of benzene rings is 1. The number of hydrogen-bond acceptors (Lipinski definition) is 4. The van der Waals surface area contributed by atoms with Crippen LogP contribution in [0.15, 0.2) is 30.6 Å². The summed E-state index contributed by atoms with van der Waals surface area (Å²) in [5.74, 6) is -1.50. The molecule has 0 fully saturated rings. The van der Waals surface area contributed by atoms with Crippen molar-refractivity contribution in [3.8, 4) is 0 Å². The summed E-state index contributed by atoms with van der Waals surface area (Å²) in [6.45, 7) is 0.223. The Morgan fingerprint density at radius 2 is 2.32 bits per heavy atom. The number of nitrogens with one attached hydrogen (secondary N) is 2. The molecule has 98 valence electrons. The smallest absolute Gasteiger partial charge is 0.305 e. The Labute approximate surface area is 106 Å². The van der Waals surface area contributed by atoms with Gasteiger partial charge in [0.25, 0.3) is 5.91 Å². The summed E-state index contributed by atoms with van der Waals surface area (Å²) in [4.78, 5) is 21.4. The van der Waals surface area contributed by atoms with Crippen LogP contribution < -0.4 is 5.32 Å². The average Bonchev–Trinajstić information content (AvgIpc) is 2.89. The molecule has 0 aliphatic heterocycles. The van der Waals surface area contributed by atoms with Crippen molar-refractivity contribution in [1.29, 1.82) is 0 Å². The molecule has 2 N–H and O–H groups in total. The number of hydrogen-bond donors (Lipinski definition) is 2. The number of halogens is 1. The van der Waals surface area contributed by atoms with Gasteiger partial charge < -0.3 is 5.32 Å². The molecular weight excluding hydrogens is 255 g/mol. The Morgan fingerprint density at radius 3 is 2.95 bits per heavy atom. The third-order valence-corrected chi connectivity index (χ3v) is 2.41. The van der Waals surface area contributed by atoms with E-state index in [9.17, 15) is 19.3 Å². The van der Waals surface area contributed by atoms with Crippen molar-refractivity contribution in [2.24, 2.45) is 0 Å². The molecule has 1 aromatic heterocycles. The van der Waals surface area contributed by atoms with E-state index >= 15 is 0 Å². The van der Waals surface area contributed by atoms with E-state index in [4.69, 9.17) is 0 Å². The molecule has 0 aliphatic carbocycles. The fourth-order valence-corrected chi connectivity index (χ4v) is 1.45. The van der Waals surface area contributed by atoms with Crippen molar-refractivity contribution in [1.82, 2.24) is 15.5 Å². The average molecular weight is 264 g/mol. The quantitative estimate of drug-likeness (QED) is 0.643. The molecule has 1 amide bonds. The second-order valence-corrected chi connectivity index (χ2v) is 3.71. The number of nitrogens with zero attached hydrogens (tertiary/aromatic N) is 2. The monoisotopic (exact) mass is 264 g/mol. The summed E-state index contributed by atoms with van der Waals surface area (Å²) in [5, 5.41) is 19.4. The van der Waals surface area contributed by atoms with Crippen LogP contribution in [0, 0.1) is 15.9 Å². The molecule has 1 heterocycles. The van der Waals surface area contributed by atoms with Crippen molar-refractivity contribution in [2.75, 3.05) is 0 Å². The van der Waals surface area contributed by atoms with Gasteiger partial charge in [-0.25, -0.2) is 0 Å². The number of carbonyl (C=O) groups excluding carboxylic acids is 1. The van der Waals surface area contributed by atoms with Gasteiger partial charge in [-0.3, -0.25) is 20.0 Å². The van der Waals surface area contributed by atoms with Crippen LogP contribution in [-0.2, 0) is 6.54 Å². The highest BCUT2D eigenvalue weighted by atomic mass is 19.1. The number of aromatic nitrogens is 2. The molecule has 0 saturated carbocycles. The molecule has 19 heavy (non-hydrogen) atoms. The molecule has 2 rings (SSSR count). The number of nitro groups is 1. The Balaban J connectivity index is 2.11. The number of amides is 1. The number of rotatable bonds is 4. The van der Waals surface area contributed by atoms with E-state index in [1.165, 1.54) is 12.3 Å². The van der Waals surface area contributed by atoms with E-state index in [0.717, 1.165) is 17.7 Å². The van der Waals surface area contributed by atoms with Gasteiger partial charge in [-0.05, 0) is 12.1 Å². The number of aromatic amines is 1. The lowest BCUT2D eigenvalue weighted by Gasteiger charge is -2.03. The summed E-state index contributed by atoms with van der Waals surface area (Å²) < 4.78 is 13.1. The fraction of sp³-hybridized carbons (Fsp3) is 0.0909. The van der Waals surface area contributed by atoms with Crippen LogP contribution in [0.1, 0.15) is 15.9 Å². The molecule has 0 unspecified atom stereocenters. The predicted octanol–water partition coefficient (Wildman–Crippen LogP) is 1.39. The van der Waals surface area contributed by atoms with Crippen LogP contribution in [0.2, 0.25) is 0 Å². The largest absolute Gasteiger partial charge is 0.348 e. The first-order valence-corrected chi connectivity index (χ1v) is 5.27. The lowest BCUT2D eigenvalue weighted by atomic mass is 10.2. The molecule has 0 atom stereocenters. The zero-order valence-corrected chi connectivity index (χ0v) is 9.59. The first-order valence-electron chi connectivity index (χ1n) is 5.27. The lowest BCUT2D eigenvalue weighted by molar-refractivity contribution is -0.387. The Hall–Kier alpha value is -2.77. The Morgan fingerprint density at radius 1 is 1.53 bits per heavy atom. The predicted molar refractivity (Wildman–Crippen MR) is 62.8 cm³/mol. The number of nitro benzene ring substituents is 1. The maximum absolute atomic E-state index is 13.1. The maximum atomic E-state index is 13.1. The Bertz CT molecular complexity index is 612. The summed E-state index contributed by atoms with van der Waals surface area (Å²) in [7, 11) is 0. The van der Waals surface area contributed by atoms with E-state index in [0.29, 0.717) is 0 Å². The van der Waals surface area contributed by atoms with Crippen LogP contribution in [0.25, 0.3) is 0 Å². The van der Waals surface area contributed by atoms with Gasteiger partial charge in [0.1, 0.15) is 0 Å². The molecule has 0 spiro atoms. The molecule has 0 saturated heterocycles. The van der Waals surface area contributed by atoms with E-state index in [1.54, 1.807) is 6.20 Å². The van der Waals surface area contributed by atoms with Crippen LogP contribution in [0.3, 0.4) is 0 Å². The summed E-state index contributed by atoms with van der Waals surface area (Å²) in [6, 6.07) is 2.98. The van der Waals surface area contributed by atoms with Gasteiger partial charge in [0.05, 0.1) is 11.1 Å². The molecular formula is C11H9FN4O3. The highest BCUT2D eigenvalue weighted by Gasteiger charge is 2.17. The van der Waals surface area contributed by atoms with Gasteiger partial charge in [-0.1, -0.05) is 0 Å². The molecule has 0 bridgehead atoms. The van der Waals surface area contributed by atoms with Gasteiger partial charge in [0, 0.05) is 29.9 Å². The van der Waals surface area contributed by atoms with Crippen molar-refractivity contribution in [3.63, 3.8) is 0 Å². The van der Waals surface area contributed by atoms with Crippen molar-refractivity contribution >= 4 is 11.6 Å². The first-order chi connectivity index (χ1) is 9.08. The zero-order chi connectivity index (χ0) is 13.8. The van der Waals surface area contributed by atoms with Gasteiger partial charge >= 0.3 is 5.69 Å². The third-order valence-electron chi connectivity index (χ3n) is 2.41. The Kier molecular flexibility index (Phi) is 3.51. The molecule has 2 aromatic rings. The summed E-state index contributed by atoms with van der Waals surface area (Å²) in [5.41, 5.74) is 0.0533. The number of H-pyrrole nitrogens is 1. The second-order valence-electron chi connectivity index (χ2n) is 3.71.